The smallest absolute Gasteiger partial charge is 0.406 e. The van der Waals surface area contributed by atoms with Crippen molar-refractivity contribution in [1.29, 1.82) is 0 Å². The maximum Gasteiger partial charge on any atom is 0.573 e. The molecule has 184 valence electrons. The molecule has 0 heterocycles. The summed E-state index contributed by atoms with van der Waals surface area (Å²) in [6.07, 6.45) is -4.80. The third-order valence-electron chi connectivity index (χ3n) is 4.97. The topological polar surface area (TPSA) is 99.8 Å². The number of benzene rings is 2. The van der Waals surface area contributed by atoms with Crippen LogP contribution >= 0.6 is 0 Å². The van der Waals surface area contributed by atoms with Gasteiger partial charge in [0.05, 0.1) is 19.1 Å². The molecule has 34 heavy (non-hydrogen) atoms. The van der Waals surface area contributed by atoms with Gasteiger partial charge in [-0.15, -0.1) is 13.2 Å². The molecule has 3 N–H and O–H groups in total. The molecule has 0 aliphatic carbocycles. The van der Waals surface area contributed by atoms with Gasteiger partial charge in [-0.05, 0) is 63.2 Å². The number of para-hydroxylation sites is 1. The van der Waals surface area contributed by atoms with Crippen LogP contribution < -0.4 is 20.7 Å². The van der Waals surface area contributed by atoms with E-state index in [9.17, 15) is 27.6 Å². The molecule has 11 heteroatoms. The number of hydrogen-bond acceptors (Lipinski definition) is 5. The van der Waals surface area contributed by atoms with Gasteiger partial charge < -0.3 is 20.7 Å². The molecule has 0 saturated carbocycles. The van der Waals surface area contributed by atoms with Crippen LogP contribution in [0, 0.1) is 13.8 Å². The Morgan fingerprint density at radius 1 is 0.971 bits per heavy atom. The van der Waals surface area contributed by atoms with E-state index in [1.165, 1.54) is 17.0 Å². The van der Waals surface area contributed by atoms with Crippen LogP contribution in [0.4, 0.5) is 24.5 Å². The highest BCUT2D eigenvalue weighted by Crippen LogP contribution is 2.24. The molecule has 2 aromatic rings. The van der Waals surface area contributed by atoms with Crippen molar-refractivity contribution in [2.75, 3.05) is 30.8 Å². The predicted molar refractivity (Wildman–Crippen MR) is 121 cm³/mol. The van der Waals surface area contributed by atoms with Crippen molar-refractivity contribution in [2.24, 2.45) is 0 Å². The summed E-state index contributed by atoms with van der Waals surface area (Å²) in [5.41, 5.74) is 2.78. The Labute approximate surface area is 195 Å². The van der Waals surface area contributed by atoms with Crippen LogP contribution in [0.5, 0.6) is 5.75 Å². The first-order chi connectivity index (χ1) is 15.9. The summed E-state index contributed by atoms with van der Waals surface area (Å²) in [6, 6.07) is 9.59. The molecule has 0 fully saturated rings. The number of carbonyl (C=O) groups is 3. The van der Waals surface area contributed by atoms with Crippen molar-refractivity contribution in [3.8, 4) is 5.75 Å². The number of hydrogen-bond donors (Lipinski definition) is 3. The molecule has 2 rings (SSSR count). The number of ether oxygens (including phenoxy) is 1. The fourth-order valence-electron chi connectivity index (χ4n) is 3.01. The number of amides is 3. The number of likely N-dealkylation sites (N-methyl/N-ethyl adjacent to an activating group) is 1. The van der Waals surface area contributed by atoms with E-state index < -0.39 is 30.0 Å². The van der Waals surface area contributed by atoms with Crippen molar-refractivity contribution >= 4 is 29.1 Å². The number of nitrogens with one attached hydrogen (secondary N) is 3. The average molecular weight is 480 g/mol. The number of rotatable bonds is 9. The van der Waals surface area contributed by atoms with Crippen LogP contribution in [0.1, 0.15) is 18.1 Å². The molecule has 1 unspecified atom stereocenters. The lowest BCUT2D eigenvalue weighted by Gasteiger charge is -2.23. The summed E-state index contributed by atoms with van der Waals surface area (Å²) >= 11 is 0. The molecule has 0 aliphatic rings. The Kier molecular flexibility index (Phi) is 9.02. The van der Waals surface area contributed by atoms with Crippen LogP contribution in [0.3, 0.4) is 0 Å². The van der Waals surface area contributed by atoms with Gasteiger partial charge in [-0.1, -0.05) is 18.2 Å². The lowest BCUT2D eigenvalue weighted by Crippen LogP contribution is -2.47. The highest BCUT2D eigenvalue weighted by molar-refractivity contribution is 5.96. The second-order valence-electron chi connectivity index (χ2n) is 7.74. The number of aryl methyl sites for hydroxylation is 2. The van der Waals surface area contributed by atoms with Crippen molar-refractivity contribution in [2.45, 2.75) is 33.2 Å². The third-order valence-corrected chi connectivity index (χ3v) is 4.97. The first-order valence-electron chi connectivity index (χ1n) is 10.4. The highest BCUT2D eigenvalue weighted by atomic mass is 19.4. The van der Waals surface area contributed by atoms with Gasteiger partial charge in [0.2, 0.25) is 17.7 Å². The van der Waals surface area contributed by atoms with E-state index in [1.807, 2.05) is 32.0 Å². The molecule has 0 aromatic heterocycles. The van der Waals surface area contributed by atoms with Crippen molar-refractivity contribution in [3.05, 3.63) is 53.6 Å². The molecule has 1 atom stereocenters. The summed E-state index contributed by atoms with van der Waals surface area (Å²) in [4.78, 5) is 38.3. The molecule has 0 aliphatic heterocycles. The van der Waals surface area contributed by atoms with Gasteiger partial charge in [0.25, 0.3) is 0 Å². The second kappa shape index (κ2) is 11.5. The second-order valence-corrected chi connectivity index (χ2v) is 7.74. The first kappa shape index (κ1) is 26.7. The minimum absolute atomic E-state index is 0.163. The average Bonchev–Trinajstić information content (AvgIpc) is 2.74. The molecule has 2 aromatic carbocycles. The maximum atomic E-state index is 12.4. The monoisotopic (exact) mass is 480 g/mol. The third kappa shape index (κ3) is 8.39. The Hall–Kier alpha value is -3.60. The van der Waals surface area contributed by atoms with Gasteiger partial charge in [-0.3, -0.25) is 19.3 Å². The Bertz CT molecular complexity index is 1010. The van der Waals surface area contributed by atoms with Crippen LogP contribution in [0.15, 0.2) is 42.5 Å². The van der Waals surface area contributed by atoms with Gasteiger partial charge in [0.15, 0.2) is 0 Å². The van der Waals surface area contributed by atoms with Gasteiger partial charge in [0, 0.05) is 11.4 Å². The summed E-state index contributed by atoms with van der Waals surface area (Å²) in [5.74, 6) is -1.70. The lowest BCUT2D eigenvalue weighted by molar-refractivity contribution is -0.274. The molecule has 3 amide bonds. The molecular formula is C23H27F3N4O4. The van der Waals surface area contributed by atoms with E-state index in [4.69, 9.17) is 0 Å². The Morgan fingerprint density at radius 2 is 1.56 bits per heavy atom. The van der Waals surface area contributed by atoms with E-state index in [2.05, 4.69) is 20.7 Å². The first-order valence-corrected chi connectivity index (χ1v) is 10.4. The van der Waals surface area contributed by atoms with Gasteiger partial charge in [-0.25, -0.2) is 0 Å². The number of nitrogens with zero attached hydrogens (tertiary/aromatic N) is 1. The molecule has 0 bridgehead atoms. The SMILES string of the molecule is Cc1cccc(C)c1NC(=O)CNC(=O)C(C)N(C)CC(=O)Nc1ccc(OC(F)(F)F)cc1. The van der Waals surface area contributed by atoms with E-state index in [0.29, 0.717) is 5.69 Å². The molecule has 8 nitrogen and oxygen atoms in total. The fourth-order valence-corrected chi connectivity index (χ4v) is 3.01. The normalized spacial score (nSPS) is 12.1. The zero-order chi connectivity index (χ0) is 25.5. The Balaban J connectivity index is 1.80. The van der Waals surface area contributed by atoms with Crippen molar-refractivity contribution < 1.29 is 32.3 Å². The van der Waals surface area contributed by atoms with Crippen LogP contribution in [-0.2, 0) is 14.4 Å². The van der Waals surface area contributed by atoms with Crippen LogP contribution in [-0.4, -0.2) is 55.2 Å². The largest absolute Gasteiger partial charge is 0.573 e. The van der Waals surface area contributed by atoms with Crippen molar-refractivity contribution in [1.82, 2.24) is 10.2 Å². The van der Waals surface area contributed by atoms with Gasteiger partial charge >= 0.3 is 6.36 Å². The Morgan fingerprint density at radius 3 is 2.12 bits per heavy atom. The lowest BCUT2D eigenvalue weighted by atomic mass is 10.1. The standard InChI is InChI=1S/C23H27F3N4O4/c1-14-6-5-7-15(2)21(14)29-19(31)12-27-22(33)16(3)30(4)13-20(32)28-17-8-10-18(11-9-17)34-23(24,25)26/h5-11,16H,12-13H2,1-4H3,(H,27,33)(H,28,32)(H,29,31). The number of halogens is 3. The van der Waals surface area contributed by atoms with E-state index in [0.717, 1.165) is 23.3 Å². The highest BCUT2D eigenvalue weighted by Gasteiger charge is 2.31. The number of carbonyl (C=O) groups excluding carboxylic acids is 3. The van der Waals surface area contributed by atoms with Crippen LogP contribution in [0.25, 0.3) is 0 Å². The maximum absolute atomic E-state index is 12.4. The summed E-state index contributed by atoms with van der Waals surface area (Å²) in [7, 11) is 1.56. The molecule has 0 saturated heterocycles. The van der Waals surface area contributed by atoms with Crippen LogP contribution in [0.2, 0.25) is 0 Å². The van der Waals surface area contributed by atoms with Gasteiger partial charge in [-0.2, -0.15) is 0 Å². The predicted octanol–water partition coefficient (Wildman–Crippen LogP) is 3.22. The number of alkyl halides is 3. The number of anilines is 2. The van der Waals surface area contributed by atoms with Gasteiger partial charge in [0.1, 0.15) is 5.75 Å². The molecule has 0 radical (unpaired) electrons. The van der Waals surface area contributed by atoms with Crippen molar-refractivity contribution in [3.63, 3.8) is 0 Å². The summed E-state index contributed by atoms with van der Waals surface area (Å²) in [6.45, 7) is 4.92. The summed E-state index contributed by atoms with van der Waals surface area (Å²) in [5, 5.41) is 7.85. The quantitative estimate of drug-likeness (QED) is 0.512. The fraction of sp³-hybridized carbons (Fsp3) is 0.348. The molecule has 0 spiro atoms. The minimum Gasteiger partial charge on any atom is -0.406 e. The van der Waals surface area contributed by atoms with E-state index in [-0.39, 0.29) is 24.7 Å². The minimum atomic E-state index is -4.80. The molecular weight excluding hydrogens is 453 g/mol. The van der Waals surface area contributed by atoms with E-state index in [1.54, 1.807) is 14.0 Å². The zero-order valence-electron chi connectivity index (χ0n) is 19.2. The zero-order valence-corrected chi connectivity index (χ0v) is 19.2. The summed E-state index contributed by atoms with van der Waals surface area (Å²) < 4.78 is 40.4. The van der Waals surface area contributed by atoms with E-state index >= 15 is 0 Å².